The second-order valence-corrected chi connectivity index (χ2v) is 7.71. The van der Waals surface area contributed by atoms with Crippen LogP contribution in [0.2, 0.25) is 0 Å². The Hall–Kier alpha value is -3.32. The molecule has 3 aromatic carbocycles. The highest BCUT2D eigenvalue weighted by atomic mass is 32.2. The maximum absolute atomic E-state index is 12.5. The molecule has 0 fully saturated rings. The first kappa shape index (κ1) is 18.1. The van der Waals surface area contributed by atoms with Gasteiger partial charge in [-0.05, 0) is 42.0 Å². The van der Waals surface area contributed by atoms with Gasteiger partial charge in [-0.15, -0.1) is 0 Å². The average Bonchev–Trinajstić information content (AvgIpc) is 3.10. The Labute approximate surface area is 162 Å². The lowest BCUT2D eigenvalue weighted by Gasteiger charge is -2.07. The molecule has 4 aromatic rings. The van der Waals surface area contributed by atoms with Crippen LogP contribution in [0.4, 0.5) is 0 Å². The summed E-state index contributed by atoms with van der Waals surface area (Å²) in [5, 5.41) is 4.93. The molecule has 0 unspecified atom stereocenters. The number of benzene rings is 3. The summed E-state index contributed by atoms with van der Waals surface area (Å²) in [5.74, 6) is 0.721. The van der Waals surface area contributed by atoms with Crippen LogP contribution in [0, 0.1) is 0 Å². The topological polar surface area (TPSA) is 78.6 Å². The van der Waals surface area contributed by atoms with E-state index in [1.165, 1.54) is 25.3 Å². The molecular formula is C21H17NO5S. The molecule has 28 heavy (non-hydrogen) atoms. The third-order valence-corrected chi connectivity index (χ3v) is 5.55. The van der Waals surface area contributed by atoms with Crippen LogP contribution in [0.1, 0.15) is 11.3 Å². The van der Waals surface area contributed by atoms with Gasteiger partial charge in [0.25, 0.3) is 0 Å². The van der Waals surface area contributed by atoms with Crippen LogP contribution < -0.4 is 8.92 Å². The molecular weight excluding hydrogens is 378 g/mol. The van der Waals surface area contributed by atoms with E-state index < -0.39 is 10.1 Å². The second kappa shape index (κ2) is 7.36. The van der Waals surface area contributed by atoms with Crippen molar-refractivity contribution in [3.05, 3.63) is 84.1 Å². The van der Waals surface area contributed by atoms with E-state index in [0.717, 1.165) is 16.6 Å². The summed E-state index contributed by atoms with van der Waals surface area (Å²) < 4.78 is 40.6. The predicted octanol–water partition coefficient (Wildman–Crippen LogP) is 4.19. The van der Waals surface area contributed by atoms with Crippen molar-refractivity contribution in [3.63, 3.8) is 0 Å². The Morgan fingerprint density at radius 2 is 1.64 bits per heavy atom. The lowest BCUT2D eigenvalue weighted by Crippen LogP contribution is -2.09. The minimum Gasteiger partial charge on any atom is -0.497 e. The normalized spacial score (nSPS) is 11.5. The van der Waals surface area contributed by atoms with E-state index in [0.29, 0.717) is 17.8 Å². The van der Waals surface area contributed by atoms with Crippen LogP contribution in [-0.2, 0) is 16.5 Å². The van der Waals surface area contributed by atoms with E-state index in [-0.39, 0.29) is 10.6 Å². The van der Waals surface area contributed by atoms with Crippen LogP contribution in [0.5, 0.6) is 11.5 Å². The average molecular weight is 395 g/mol. The largest absolute Gasteiger partial charge is 0.497 e. The van der Waals surface area contributed by atoms with E-state index in [1.54, 1.807) is 24.3 Å². The third-order valence-electron chi connectivity index (χ3n) is 4.29. The van der Waals surface area contributed by atoms with Crippen molar-refractivity contribution in [3.8, 4) is 11.5 Å². The summed E-state index contributed by atoms with van der Waals surface area (Å²) >= 11 is 0. The predicted molar refractivity (Wildman–Crippen MR) is 104 cm³/mol. The minimum absolute atomic E-state index is 0.0377. The van der Waals surface area contributed by atoms with Crippen molar-refractivity contribution in [1.29, 1.82) is 0 Å². The number of aromatic nitrogens is 1. The zero-order valence-electron chi connectivity index (χ0n) is 15.0. The van der Waals surface area contributed by atoms with Gasteiger partial charge in [-0.1, -0.05) is 35.5 Å². The van der Waals surface area contributed by atoms with Gasteiger partial charge in [0.05, 0.1) is 12.8 Å². The Kier molecular flexibility index (Phi) is 4.75. The van der Waals surface area contributed by atoms with Crippen molar-refractivity contribution in [2.45, 2.75) is 11.3 Å². The van der Waals surface area contributed by atoms with Gasteiger partial charge in [-0.25, -0.2) is 0 Å². The molecule has 0 spiro atoms. The van der Waals surface area contributed by atoms with Gasteiger partial charge in [0, 0.05) is 17.9 Å². The summed E-state index contributed by atoms with van der Waals surface area (Å²) in [6.07, 6.45) is 0.623. The lowest BCUT2D eigenvalue weighted by atomic mass is 10.1. The first-order chi connectivity index (χ1) is 13.5. The Bertz CT molecular complexity index is 1200. The van der Waals surface area contributed by atoms with Gasteiger partial charge in [-0.3, -0.25) is 0 Å². The number of nitrogens with zero attached hydrogens (tertiary/aromatic N) is 1. The maximum atomic E-state index is 12.5. The summed E-state index contributed by atoms with van der Waals surface area (Å²) in [4.78, 5) is 0.0377. The molecule has 7 heteroatoms. The smallest absolute Gasteiger partial charge is 0.339 e. The van der Waals surface area contributed by atoms with Crippen LogP contribution in [0.25, 0.3) is 11.0 Å². The quantitative estimate of drug-likeness (QED) is 0.456. The maximum Gasteiger partial charge on any atom is 0.339 e. The molecule has 0 saturated carbocycles. The highest BCUT2D eigenvalue weighted by molar-refractivity contribution is 7.87. The second-order valence-electron chi connectivity index (χ2n) is 6.16. The van der Waals surface area contributed by atoms with Crippen molar-refractivity contribution in [1.82, 2.24) is 5.16 Å². The van der Waals surface area contributed by atoms with E-state index in [9.17, 15) is 8.42 Å². The van der Waals surface area contributed by atoms with Crippen molar-refractivity contribution in [2.75, 3.05) is 7.11 Å². The third kappa shape index (κ3) is 3.70. The van der Waals surface area contributed by atoms with Crippen LogP contribution >= 0.6 is 0 Å². The molecule has 0 N–H and O–H groups in total. The molecule has 4 rings (SSSR count). The molecule has 1 aromatic heterocycles. The molecule has 0 aliphatic carbocycles. The fourth-order valence-corrected chi connectivity index (χ4v) is 3.78. The van der Waals surface area contributed by atoms with Crippen LogP contribution in [0.15, 0.2) is 82.2 Å². The molecule has 0 saturated heterocycles. The van der Waals surface area contributed by atoms with Crippen LogP contribution in [0.3, 0.4) is 0 Å². The molecule has 0 atom stereocenters. The summed E-state index contributed by atoms with van der Waals surface area (Å²) in [6.45, 7) is 0. The van der Waals surface area contributed by atoms with Gasteiger partial charge in [0.1, 0.15) is 16.4 Å². The Balaban J connectivity index is 1.58. The highest BCUT2D eigenvalue weighted by Crippen LogP contribution is 2.27. The van der Waals surface area contributed by atoms with Gasteiger partial charge in [-0.2, -0.15) is 8.42 Å². The number of hydrogen-bond acceptors (Lipinski definition) is 6. The Morgan fingerprint density at radius 3 is 2.36 bits per heavy atom. The molecule has 0 amide bonds. The molecule has 0 aliphatic rings. The van der Waals surface area contributed by atoms with Gasteiger partial charge in [0.2, 0.25) is 0 Å². The van der Waals surface area contributed by atoms with Crippen molar-refractivity contribution >= 4 is 21.1 Å². The zero-order valence-corrected chi connectivity index (χ0v) is 15.8. The number of methoxy groups -OCH3 is 1. The summed E-state index contributed by atoms with van der Waals surface area (Å²) in [7, 11) is -2.45. The number of fused-ring (bicyclic) bond motifs is 1. The number of hydrogen-bond donors (Lipinski definition) is 0. The molecule has 1 heterocycles. The highest BCUT2D eigenvalue weighted by Gasteiger charge is 2.18. The number of ether oxygens (including phenoxy) is 1. The lowest BCUT2D eigenvalue weighted by molar-refractivity contribution is 0.414. The van der Waals surface area contributed by atoms with Gasteiger partial charge < -0.3 is 13.4 Å². The zero-order chi connectivity index (χ0) is 19.6. The minimum atomic E-state index is -3.97. The standard InChI is InChI=1S/C21H17NO5S/c1-25-16-7-10-18(11-8-16)28(23,24)27-17-9-12-19-20(22-26-21(19)14-17)13-15-5-3-2-4-6-15/h2-12,14H,13H2,1H3. The van der Waals surface area contributed by atoms with E-state index >= 15 is 0 Å². The fourth-order valence-electron chi connectivity index (χ4n) is 2.86. The molecule has 0 bridgehead atoms. The molecule has 0 radical (unpaired) electrons. The van der Waals surface area contributed by atoms with E-state index in [2.05, 4.69) is 5.16 Å². The van der Waals surface area contributed by atoms with Crippen molar-refractivity contribution in [2.24, 2.45) is 0 Å². The monoisotopic (exact) mass is 395 g/mol. The molecule has 142 valence electrons. The van der Waals surface area contributed by atoms with E-state index in [1.807, 2.05) is 30.3 Å². The first-order valence-corrected chi connectivity index (χ1v) is 9.97. The van der Waals surface area contributed by atoms with Crippen molar-refractivity contribution < 1.29 is 21.9 Å². The van der Waals surface area contributed by atoms with Gasteiger partial charge >= 0.3 is 10.1 Å². The number of rotatable bonds is 6. The molecule has 0 aliphatic heterocycles. The molecule has 6 nitrogen and oxygen atoms in total. The van der Waals surface area contributed by atoms with E-state index in [4.69, 9.17) is 13.4 Å². The van der Waals surface area contributed by atoms with Crippen LogP contribution in [-0.4, -0.2) is 20.7 Å². The van der Waals surface area contributed by atoms with Gasteiger partial charge in [0.15, 0.2) is 5.58 Å². The summed E-state index contributed by atoms with van der Waals surface area (Å²) in [6, 6.07) is 20.8. The summed E-state index contributed by atoms with van der Waals surface area (Å²) in [5.41, 5.74) is 2.36. The first-order valence-electron chi connectivity index (χ1n) is 8.56. The SMILES string of the molecule is COc1ccc(S(=O)(=O)Oc2ccc3c(Cc4ccccc4)noc3c2)cc1. The Morgan fingerprint density at radius 1 is 0.929 bits per heavy atom. The fraction of sp³-hybridized carbons (Fsp3) is 0.0952.